The molecule has 1 aliphatic carbocycles. The standard InChI is InChI=1S/C15H16N4O2/c16-14(19-21)12(10-5-6-10)18-15(20)13-11-4-2-1-3-9(11)7-8-17-13/h1-4,7-8,10,12,21H,5-6H2,(H2,16,19)(H,18,20). The highest BCUT2D eigenvalue weighted by atomic mass is 16.4. The highest BCUT2D eigenvalue weighted by Crippen LogP contribution is 2.33. The van der Waals surface area contributed by atoms with E-state index in [2.05, 4.69) is 15.5 Å². The zero-order valence-corrected chi connectivity index (χ0v) is 11.4. The van der Waals surface area contributed by atoms with Crippen LogP contribution in [0.3, 0.4) is 0 Å². The van der Waals surface area contributed by atoms with Crippen molar-refractivity contribution in [2.75, 3.05) is 0 Å². The van der Waals surface area contributed by atoms with Gasteiger partial charge in [0.2, 0.25) is 0 Å². The lowest BCUT2D eigenvalue weighted by Gasteiger charge is -2.16. The summed E-state index contributed by atoms with van der Waals surface area (Å²) in [6.45, 7) is 0. The summed E-state index contributed by atoms with van der Waals surface area (Å²) in [6.07, 6.45) is 3.53. The Morgan fingerprint density at radius 1 is 1.38 bits per heavy atom. The summed E-state index contributed by atoms with van der Waals surface area (Å²) < 4.78 is 0. The second-order valence-corrected chi connectivity index (χ2v) is 5.19. The summed E-state index contributed by atoms with van der Waals surface area (Å²) in [6, 6.07) is 8.97. The Hall–Kier alpha value is -2.63. The van der Waals surface area contributed by atoms with Gasteiger partial charge in [0.25, 0.3) is 5.91 Å². The van der Waals surface area contributed by atoms with Crippen molar-refractivity contribution in [1.82, 2.24) is 10.3 Å². The third kappa shape index (κ3) is 2.65. The molecule has 6 heteroatoms. The first-order valence-electron chi connectivity index (χ1n) is 6.82. The van der Waals surface area contributed by atoms with Crippen LogP contribution in [-0.2, 0) is 0 Å². The van der Waals surface area contributed by atoms with Crippen molar-refractivity contribution in [2.24, 2.45) is 16.8 Å². The molecular formula is C15H16N4O2. The molecule has 1 fully saturated rings. The molecule has 0 aliphatic heterocycles. The van der Waals surface area contributed by atoms with E-state index in [0.29, 0.717) is 5.69 Å². The number of pyridine rings is 1. The quantitative estimate of drug-likeness (QED) is 0.343. The van der Waals surface area contributed by atoms with E-state index in [4.69, 9.17) is 10.9 Å². The third-order valence-electron chi connectivity index (χ3n) is 3.70. The third-order valence-corrected chi connectivity index (χ3v) is 3.70. The second-order valence-electron chi connectivity index (χ2n) is 5.19. The zero-order chi connectivity index (χ0) is 14.8. The molecule has 1 unspecified atom stereocenters. The summed E-state index contributed by atoms with van der Waals surface area (Å²) in [4.78, 5) is 16.6. The summed E-state index contributed by atoms with van der Waals surface area (Å²) in [5.74, 6) is -0.0405. The number of amidine groups is 1. The van der Waals surface area contributed by atoms with Crippen LogP contribution in [0.1, 0.15) is 23.3 Å². The topological polar surface area (TPSA) is 101 Å². The maximum atomic E-state index is 12.5. The average molecular weight is 284 g/mol. The van der Waals surface area contributed by atoms with E-state index in [1.54, 1.807) is 6.20 Å². The maximum absolute atomic E-state index is 12.5. The van der Waals surface area contributed by atoms with Gasteiger partial charge in [-0.1, -0.05) is 29.4 Å². The lowest BCUT2D eigenvalue weighted by molar-refractivity contribution is 0.0940. The number of rotatable bonds is 4. The predicted molar refractivity (Wildman–Crippen MR) is 79.1 cm³/mol. The van der Waals surface area contributed by atoms with Crippen LogP contribution in [0.15, 0.2) is 41.7 Å². The van der Waals surface area contributed by atoms with Crippen molar-refractivity contribution < 1.29 is 10.0 Å². The van der Waals surface area contributed by atoms with Gasteiger partial charge >= 0.3 is 0 Å². The van der Waals surface area contributed by atoms with Gasteiger partial charge in [0, 0.05) is 11.6 Å². The number of oxime groups is 1. The smallest absolute Gasteiger partial charge is 0.271 e. The maximum Gasteiger partial charge on any atom is 0.271 e. The molecule has 1 aromatic heterocycles. The molecule has 0 radical (unpaired) electrons. The van der Waals surface area contributed by atoms with Gasteiger partial charge in [0.1, 0.15) is 5.69 Å². The Bertz CT molecular complexity index is 704. The lowest BCUT2D eigenvalue weighted by atomic mass is 10.1. The van der Waals surface area contributed by atoms with Crippen LogP contribution in [0.2, 0.25) is 0 Å². The number of carbonyl (C=O) groups is 1. The lowest BCUT2D eigenvalue weighted by Crippen LogP contribution is -2.46. The van der Waals surface area contributed by atoms with E-state index < -0.39 is 6.04 Å². The first-order chi connectivity index (χ1) is 10.2. The SMILES string of the molecule is NC(=NO)C(NC(=O)c1nccc2ccccc12)C1CC1. The summed E-state index contributed by atoms with van der Waals surface area (Å²) in [5.41, 5.74) is 6.01. The van der Waals surface area contributed by atoms with Crippen molar-refractivity contribution in [1.29, 1.82) is 0 Å². The number of nitrogens with one attached hydrogen (secondary N) is 1. The normalized spacial score (nSPS) is 16.7. The second kappa shape index (κ2) is 5.40. The molecule has 0 bridgehead atoms. The summed E-state index contributed by atoms with van der Waals surface area (Å²) in [5, 5.41) is 16.4. The predicted octanol–water partition coefficient (Wildman–Crippen LogP) is 1.49. The Labute approximate surface area is 121 Å². The molecular weight excluding hydrogens is 268 g/mol. The summed E-state index contributed by atoms with van der Waals surface area (Å²) >= 11 is 0. The first kappa shape index (κ1) is 13.4. The number of benzene rings is 1. The minimum Gasteiger partial charge on any atom is -0.409 e. The number of hydrogen-bond donors (Lipinski definition) is 3. The van der Waals surface area contributed by atoms with Gasteiger partial charge in [-0.2, -0.15) is 0 Å². The van der Waals surface area contributed by atoms with Crippen LogP contribution in [0.4, 0.5) is 0 Å². The largest absolute Gasteiger partial charge is 0.409 e. The highest BCUT2D eigenvalue weighted by molar-refractivity contribution is 6.06. The van der Waals surface area contributed by atoms with Gasteiger partial charge in [-0.05, 0) is 30.2 Å². The molecule has 2 aromatic rings. The average Bonchev–Trinajstić information content (AvgIpc) is 3.35. The number of nitrogens with two attached hydrogens (primary N) is 1. The fourth-order valence-electron chi connectivity index (χ4n) is 2.44. The number of hydrogen-bond acceptors (Lipinski definition) is 4. The van der Waals surface area contributed by atoms with E-state index in [9.17, 15) is 4.79 Å². The molecule has 1 aliphatic rings. The first-order valence-corrected chi connectivity index (χ1v) is 6.82. The molecule has 21 heavy (non-hydrogen) atoms. The number of carbonyl (C=O) groups excluding carboxylic acids is 1. The van der Waals surface area contributed by atoms with E-state index in [1.165, 1.54) is 0 Å². The molecule has 0 saturated heterocycles. The number of fused-ring (bicyclic) bond motifs is 1. The molecule has 1 saturated carbocycles. The Kier molecular flexibility index (Phi) is 3.43. The fourth-order valence-corrected chi connectivity index (χ4v) is 2.44. The Morgan fingerprint density at radius 2 is 2.14 bits per heavy atom. The van der Waals surface area contributed by atoms with Crippen LogP contribution < -0.4 is 11.1 Å². The van der Waals surface area contributed by atoms with Crippen LogP contribution >= 0.6 is 0 Å². The van der Waals surface area contributed by atoms with Crippen molar-refractivity contribution in [3.8, 4) is 0 Å². The molecule has 1 heterocycles. The molecule has 108 valence electrons. The minimum atomic E-state index is -0.441. The van der Waals surface area contributed by atoms with Gasteiger partial charge in [0.15, 0.2) is 5.84 Å². The zero-order valence-electron chi connectivity index (χ0n) is 11.4. The van der Waals surface area contributed by atoms with Crippen LogP contribution in [-0.4, -0.2) is 28.0 Å². The van der Waals surface area contributed by atoms with E-state index in [-0.39, 0.29) is 17.7 Å². The molecule has 0 spiro atoms. The molecule has 6 nitrogen and oxygen atoms in total. The number of aromatic nitrogens is 1. The van der Waals surface area contributed by atoms with Crippen LogP contribution in [0.25, 0.3) is 10.8 Å². The van der Waals surface area contributed by atoms with Gasteiger partial charge in [-0.25, -0.2) is 0 Å². The molecule has 1 aromatic carbocycles. The Balaban J connectivity index is 1.90. The van der Waals surface area contributed by atoms with E-state index >= 15 is 0 Å². The van der Waals surface area contributed by atoms with Crippen molar-refractivity contribution >= 4 is 22.5 Å². The van der Waals surface area contributed by atoms with Crippen LogP contribution in [0.5, 0.6) is 0 Å². The monoisotopic (exact) mass is 284 g/mol. The van der Waals surface area contributed by atoms with Crippen molar-refractivity contribution in [2.45, 2.75) is 18.9 Å². The van der Waals surface area contributed by atoms with E-state index in [0.717, 1.165) is 23.6 Å². The Morgan fingerprint density at radius 3 is 2.86 bits per heavy atom. The summed E-state index contributed by atoms with van der Waals surface area (Å²) in [7, 11) is 0. The number of amides is 1. The van der Waals surface area contributed by atoms with Gasteiger partial charge < -0.3 is 16.3 Å². The van der Waals surface area contributed by atoms with E-state index in [1.807, 2.05) is 30.3 Å². The van der Waals surface area contributed by atoms with Crippen molar-refractivity contribution in [3.63, 3.8) is 0 Å². The minimum absolute atomic E-state index is 0.0334. The highest BCUT2D eigenvalue weighted by Gasteiger charge is 2.35. The molecule has 3 rings (SSSR count). The van der Waals surface area contributed by atoms with Gasteiger partial charge in [-0.3, -0.25) is 9.78 Å². The van der Waals surface area contributed by atoms with Crippen molar-refractivity contribution in [3.05, 3.63) is 42.2 Å². The molecule has 4 N–H and O–H groups in total. The van der Waals surface area contributed by atoms with Gasteiger partial charge in [0.05, 0.1) is 6.04 Å². The van der Waals surface area contributed by atoms with Gasteiger partial charge in [-0.15, -0.1) is 0 Å². The number of nitrogens with zero attached hydrogens (tertiary/aromatic N) is 2. The van der Waals surface area contributed by atoms with Crippen LogP contribution in [0, 0.1) is 5.92 Å². The molecule has 1 atom stereocenters. The fraction of sp³-hybridized carbons (Fsp3) is 0.267. The molecule has 1 amide bonds.